The number of Topliss-reactive ketones (excluding diaryl/α,β-unsaturated/α-hetero) is 1. The zero-order chi connectivity index (χ0) is 31.0. The first-order valence-corrected chi connectivity index (χ1v) is 15.2. The number of piperidine rings is 1. The Labute approximate surface area is 262 Å². The number of ketones is 1. The Kier molecular flexibility index (Phi) is 9.45. The van der Waals surface area contributed by atoms with Crippen LogP contribution in [0.3, 0.4) is 0 Å². The monoisotopic (exact) mass is 608 g/mol. The molecule has 2 aromatic heterocycles. The molecule has 2 aliphatic heterocycles. The fourth-order valence-corrected chi connectivity index (χ4v) is 5.58. The summed E-state index contributed by atoms with van der Waals surface area (Å²) in [5.41, 5.74) is 10.3. The number of carbonyl (C=O) groups excluding carboxylic acids is 2. The molecule has 0 unspecified atom stereocenters. The number of likely N-dealkylation sites (tertiary alicyclic amines) is 1. The largest absolute Gasteiger partial charge is 0.489 e. The molecule has 1 atom stereocenters. The minimum atomic E-state index is -0.337. The second kappa shape index (κ2) is 14.2. The Bertz CT molecular complexity index is 1610. The zero-order valence-corrected chi connectivity index (χ0v) is 25.0. The molecule has 2 aliphatic rings. The first-order valence-electron chi connectivity index (χ1n) is 15.2. The quantitative estimate of drug-likeness (QED) is 0.270. The maximum absolute atomic E-state index is 13.4. The molecule has 0 saturated carbocycles. The summed E-state index contributed by atoms with van der Waals surface area (Å²) >= 11 is 0. The molecule has 0 aliphatic carbocycles. The van der Waals surface area contributed by atoms with Crippen molar-refractivity contribution in [3.8, 4) is 17.0 Å². The van der Waals surface area contributed by atoms with E-state index in [2.05, 4.69) is 19.9 Å². The van der Waals surface area contributed by atoms with Crippen LogP contribution in [0.1, 0.15) is 34.5 Å². The van der Waals surface area contributed by atoms with Gasteiger partial charge in [0.1, 0.15) is 24.2 Å². The number of carbonyl (C=O) groups is 2. The average Bonchev–Trinajstić information content (AvgIpc) is 3.09. The van der Waals surface area contributed by atoms with Crippen molar-refractivity contribution in [1.82, 2.24) is 19.9 Å². The van der Waals surface area contributed by atoms with Gasteiger partial charge in [-0.2, -0.15) is 0 Å². The number of anilines is 2. The van der Waals surface area contributed by atoms with Crippen LogP contribution < -0.4 is 15.4 Å². The smallest absolute Gasteiger partial charge is 0.410 e. The third-order valence-electron chi connectivity index (χ3n) is 7.94. The summed E-state index contributed by atoms with van der Waals surface area (Å²) < 4.78 is 17.2. The summed E-state index contributed by atoms with van der Waals surface area (Å²) in [5, 5.41) is 0. The molecule has 2 aromatic carbocycles. The SMILES string of the molecule is Nc1ncc(-c2ccc(O[C@@H]3CCCN(C(=O)OCc4ccccc4)C3)cc2)nc1C(=O)Cc1cnccc1N1CCOCC1. The van der Waals surface area contributed by atoms with Crippen molar-refractivity contribution in [2.24, 2.45) is 0 Å². The van der Waals surface area contributed by atoms with E-state index in [-0.39, 0.29) is 42.5 Å². The molecule has 0 radical (unpaired) electrons. The number of aromatic nitrogens is 3. The van der Waals surface area contributed by atoms with Crippen LogP contribution in [0.4, 0.5) is 16.3 Å². The average molecular weight is 609 g/mol. The number of nitrogen functional groups attached to an aromatic ring is 1. The Morgan fingerprint density at radius 1 is 0.978 bits per heavy atom. The molecule has 2 fully saturated rings. The van der Waals surface area contributed by atoms with Crippen LogP contribution in [0, 0.1) is 0 Å². The molecule has 1 amide bonds. The first-order chi connectivity index (χ1) is 22.0. The third kappa shape index (κ3) is 7.55. The number of amides is 1. The van der Waals surface area contributed by atoms with Crippen LogP contribution in [0.5, 0.6) is 5.75 Å². The van der Waals surface area contributed by atoms with Gasteiger partial charge in [0.25, 0.3) is 0 Å². The predicted molar refractivity (Wildman–Crippen MR) is 169 cm³/mol. The number of morpholine rings is 1. The minimum Gasteiger partial charge on any atom is -0.489 e. The number of hydrogen-bond donors (Lipinski definition) is 1. The number of ether oxygens (including phenoxy) is 3. The number of pyridine rings is 1. The number of benzene rings is 2. The normalized spacial score (nSPS) is 16.7. The summed E-state index contributed by atoms with van der Waals surface area (Å²) in [7, 11) is 0. The summed E-state index contributed by atoms with van der Waals surface area (Å²) in [6, 6.07) is 19.0. The molecule has 6 rings (SSSR count). The van der Waals surface area contributed by atoms with Gasteiger partial charge in [0.05, 0.1) is 31.6 Å². The number of hydrogen-bond acceptors (Lipinski definition) is 10. The Morgan fingerprint density at radius 3 is 2.58 bits per heavy atom. The lowest BCUT2D eigenvalue weighted by Crippen LogP contribution is -2.44. The molecular weight excluding hydrogens is 572 g/mol. The highest BCUT2D eigenvalue weighted by Gasteiger charge is 2.26. The lowest BCUT2D eigenvalue weighted by atomic mass is 10.1. The van der Waals surface area contributed by atoms with E-state index in [1.165, 1.54) is 0 Å². The Morgan fingerprint density at radius 2 is 1.78 bits per heavy atom. The molecule has 4 aromatic rings. The predicted octanol–water partition coefficient (Wildman–Crippen LogP) is 4.56. The van der Waals surface area contributed by atoms with E-state index >= 15 is 0 Å². The van der Waals surface area contributed by atoms with E-state index in [0.717, 1.165) is 48.3 Å². The van der Waals surface area contributed by atoms with E-state index in [0.29, 0.717) is 37.7 Å². The highest BCUT2D eigenvalue weighted by atomic mass is 16.6. The van der Waals surface area contributed by atoms with Crippen molar-refractivity contribution >= 4 is 23.4 Å². The van der Waals surface area contributed by atoms with Crippen LogP contribution in [0.2, 0.25) is 0 Å². The van der Waals surface area contributed by atoms with Gasteiger partial charge in [0.15, 0.2) is 11.6 Å². The van der Waals surface area contributed by atoms with Crippen molar-refractivity contribution in [2.75, 3.05) is 50.0 Å². The maximum Gasteiger partial charge on any atom is 0.410 e. The molecule has 4 heterocycles. The second-order valence-corrected chi connectivity index (χ2v) is 11.1. The van der Waals surface area contributed by atoms with Gasteiger partial charge in [0, 0.05) is 55.3 Å². The van der Waals surface area contributed by atoms with Crippen molar-refractivity contribution in [1.29, 1.82) is 0 Å². The summed E-state index contributed by atoms with van der Waals surface area (Å²) in [6.07, 6.45) is 6.29. The standard InChI is InChI=1S/C34H36N6O5/c35-33-32(31(41)19-26-20-36-13-12-30(26)39-15-17-43-18-16-39)38-29(21-37-33)25-8-10-27(11-9-25)45-28-7-4-14-40(22-28)34(42)44-23-24-5-2-1-3-6-24/h1-3,5-6,8-13,20-21,28H,4,7,14-19,22-23H2,(H2,35,37)/t28-/m1/s1. The lowest BCUT2D eigenvalue weighted by Gasteiger charge is -2.32. The molecular formula is C34H36N6O5. The van der Waals surface area contributed by atoms with Crippen LogP contribution in [-0.4, -0.2) is 77.2 Å². The molecule has 0 bridgehead atoms. The van der Waals surface area contributed by atoms with Crippen molar-refractivity contribution < 1.29 is 23.8 Å². The van der Waals surface area contributed by atoms with E-state index in [1.54, 1.807) is 23.5 Å². The second-order valence-electron chi connectivity index (χ2n) is 11.1. The van der Waals surface area contributed by atoms with Crippen LogP contribution in [0.15, 0.2) is 79.3 Å². The topological polar surface area (TPSA) is 133 Å². The van der Waals surface area contributed by atoms with E-state index in [4.69, 9.17) is 19.9 Å². The van der Waals surface area contributed by atoms with Crippen LogP contribution >= 0.6 is 0 Å². The van der Waals surface area contributed by atoms with Crippen molar-refractivity contribution in [3.05, 3.63) is 96.1 Å². The third-order valence-corrected chi connectivity index (χ3v) is 7.94. The number of rotatable bonds is 9. The van der Waals surface area contributed by atoms with Gasteiger partial charge in [-0.15, -0.1) is 0 Å². The van der Waals surface area contributed by atoms with Gasteiger partial charge >= 0.3 is 6.09 Å². The number of nitrogens with two attached hydrogens (primary N) is 1. The van der Waals surface area contributed by atoms with Gasteiger partial charge in [0.2, 0.25) is 0 Å². The minimum absolute atomic E-state index is 0.0877. The molecule has 2 saturated heterocycles. The highest BCUT2D eigenvalue weighted by Crippen LogP contribution is 2.26. The van der Waals surface area contributed by atoms with Crippen LogP contribution in [-0.2, 0) is 22.5 Å². The van der Waals surface area contributed by atoms with Gasteiger partial charge in [-0.1, -0.05) is 30.3 Å². The molecule has 11 heteroatoms. The van der Waals surface area contributed by atoms with Gasteiger partial charge in [-0.05, 0) is 48.7 Å². The fourth-order valence-electron chi connectivity index (χ4n) is 5.58. The fraction of sp³-hybridized carbons (Fsp3) is 0.324. The van der Waals surface area contributed by atoms with E-state index in [9.17, 15) is 9.59 Å². The molecule has 232 valence electrons. The summed E-state index contributed by atoms with van der Waals surface area (Å²) in [6.45, 7) is 4.12. The Balaban J connectivity index is 1.08. The van der Waals surface area contributed by atoms with Gasteiger partial charge in [-0.25, -0.2) is 14.8 Å². The van der Waals surface area contributed by atoms with Gasteiger partial charge < -0.3 is 29.7 Å². The molecule has 2 N–H and O–H groups in total. The van der Waals surface area contributed by atoms with E-state index < -0.39 is 0 Å². The number of nitrogens with zero attached hydrogens (tertiary/aromatic N) is 5. The maximum atomic E-state index is 13.4. The summed E-state index contributed by atoms with van der Waals surface area (Å²) in [5.74, 6) is 0.535. The highest BCUT2D eigenvalue weighted by molar-refractivity contribution is 6.00. The molecule has 11 nitrogen and oxygen atoms in total. The van der Waals surface area contributed by atoms with Gasteiger partial charge in [-0.3, -0.25) is 9.78 Å². The van der Waals surface area contributed by atoms with Crippen LogP contribution in [0.25, 0.3) is 11.3 Å². The molecule has 0 spiro atoms. The Hall–Kier alpha value is -5.03. The zero-order valence-electron chi connectivity index (χ0n) is 25.0. The van der Waals surface area contributed by atoms with Crippen molar-refractivity contribution in [3.63, 3.8) is 0 Å². The lowest BCUT2D eigenvalue weighted by molar-refractivity contribution is 0.0552. The molecule has 45 heavy (non-hydrogen) atoms. The summed E-state index contributed by atoms with van der Waals surface area (Å²) in [4.78, 5) is 43.1. The first kappa shape index (κ1) is 30.0. The van der Waals surface area contributed by atoms with Crippen molar-refractivity contribution in [2.45, 2.75) is 32.0 Å². The van der Waals surface area contributed by atoms with E-state index in [1.807, 2.05) is 60.7 Å².